The molecule has 1 saturated heterocycles. The van der Waals surface area contributed by atoms with Crippen molar-refractivity contribution in [2.75, 3.05) is 40.0 Å². The zero-order valence-electron chi connectivity index (χ0n) is 15.6. The van der Waals surface area contributed by atoms with Gasteiger partial charge in [0.15, 0.2) is 0 Å². The standard InChI is InChI=1S/C22H26N2O3/c1-26-21-10-6-5-9-19(21)11-12-22(25)23-20(18-7-3-2-4-8-18)17-24-13-15-27-16-14-24/h2-12,20H,13-17H2,1H3,(H,23,25)/b12-11+/t20-/m0/s1. The number of nitrogens with zero attached hydrogens (tertiary/aromatic N) is 1. The van der Waals surface area contributed by atoms with Crippen LogP contribution in [0.3, 0.4) is 0 Å². The molecule has 1 atom stereocenters. The van der Waals surface area contributed by atoms with Gasteiger partial charge in [-0.25, -0.2) is 0 Å². The summed E-state index contributed by atoms with van der Waals surface area (Å²) in [6, 6.07) is 17.6. The molecule has 27 heavy (non-hydrogen) atoms. The first kappa shape index (κ1) is 19.1. The maximum absolute atomic E-state index is 12.6. The second-order valence-corrected chi connectivity index (χ2v) is 6.46. The van der Waals surface area contributed by atoms with Crippen molar-refractivity contribution in [3.8, 4) is 5.75 Å². The fourth-order valence-electron chi connectivity index (χ4n) is 3.15. The second kappa shape index (κ2) is 9.90. The van der Waals surface area contributed by atoms with Crippen LogP contribution in [0.2, 0.25) is 0 Å². The molecule has 2 aromatic rings. The lowest BCUT2D eigenvalue weighted by Gasteiger charge is -2.31. The Labute approximate surface area is 160 Å². The van der Waals surface area contributed by atoms with Crippen molar-refractivity contribution in [1.29, 1.82) is 0 Å². The van der Waals surface area contributed by atoms with Gasteiger partial charge in [-0.05, 0) is 17.7 Å². The molecule has 1 heterocycles. The molecule has 0 spiro atoms. The predicted octanol–water partition coefficient (Wildman–Crippen LogP) is 2.90. The minimum atomic E-state index is -0.122. The van der Waals surface area contributed by atoms with Crippen LogP contribution in [0, 0.1) is 0 Å². The van der Waals surface area contributed by atoms with Crippen LogP contribution in [0.4, 0.5) is 0 Å². The third kappa shape index (κ3) is 5.67. The first-order valence-electron chi connectivity index (χ1n) is 9.23. The van der Waals surface area contributed by atoms with Crippen LogP contribution in [-0.2, 0) is 9.53 Å². The summed E-state index contributed by atoms with van der Waals surface area (Å²) in [5.74, 6) is 0.623. The van der Waals surface area contributed by atoms with E-state index >= 15 is 0 Å². The van der Waals surface area contributed by atoms with Crippen molar-refractivity contribution in [3.05, 3.63) is 71.8 Å². The Balaban J connectivity index is 1.69. The van der Waals surface area contributed by atoms with Gasteiger partial charge < -0.3 is 14.8 Å². The second-order valence-electron chi connectivity index (χ2n) is 6.46. The fourth-order valence-corrected chi connectivity index (χ4v) is 3.15. The minimum Gasteiger partial charge on any atom is -0.496 e. The molecule has 0 saturated carbocycles. The summed E-state index contributed by atoms with van der Waals surface area (Å²) in [6.45, 7) is 4.01. The molecule has 1 N–H and O–H groups in total. The Hall–Kier alpha value is -2.63. The van der Waals surface area contributed by atoms with Gasteiger partial charge in [0.25, 0.3) is 0 Å². The fraction of sp³-hybridized carbons (Fsp3) is 0.318. The molecule has 0 radical (unpaired) electrons. The molecule has 2 aromatic carbocycles. The summed E-state index contributed by atoms with van der Waals surface area (Å²) in [7, 11) is 1.63. The number of morpholine rings is 1. The average molecular weight is 366 g/mol. The van der Waals surface area contributed by atoms with Crippen molar-refractivity contribution in [2.24, 2.45) is 0 Å². The molecular weight excluding hydrogens is 340 g/mol. The van der Waals surface area contributed by atoms with Crippen LogP contribution < -0.4 is 10.1 Å². The normalized spacial score (nSPS) is 16.2. The lowest BCUT2D eigenvalue weighted by molar-refractivity contribution is -0.117. The topological polar surface area (TPSA) is 50.8 Å². The molecule has 0 aromatic heterocycles. The monoisotopic (exact) mass is 366 g/mol. The molecule has 0 aliphatic carbocycles. The van der Waals surface area contributed by atoms with Gasteiger partial charge in [-0.15, -0.1) is 0 Å². The number of amides is 1. The summed E-state index contributed by atoms with van der Waals surface area (Å²) in [5, 5.41) is 3.14. The smallest absolute Gasteiger partial charge is 0.244 e. The Morgan fingerprint density at radius 3 is 2.59 bits per heavy atom. The number of carbonyl (C=O) groups is 1. The van der Waals surface area contributed by atoms with E-state index in [-0.39, 0.29) is 11.9 Å². The van der Waals surface area contributed by atoms with Crippen LogP contribution in [0.1, 0.15) is 17.2 Å². The molecule has 5 nitrogen and oxygen atoms in total. The molecule has 142 valence electrons. The highest BCUT2D eigenvalue weighted by atomic mass is 16.5. The third-order valence-electron chi connectivity index (χ3n) is 4.62. The number of benzene rings is 2. The van der Waals surface area contributed by atoms with E-state index in [2.05, 4.69) is 22.3 Å². The van der Waals surface area contributed by atoms with Gasteiger partial charge in [-0.2, -0.15) is 0 Å². The van der Waals surface area contributed by atoms with Crippen LogP contribution in [0.15, 0.2) is 60.7 Å². The lowest BCUT2D eigenvalue weighted by atomic mass is 10.1. The quantitative estimate of drug-likeness (QED) is 0.766. The Kier molecular flexibility index (Phi) is 7.02. The maximum Gasteiger partial charge on any atom is 0.244 e. The Bertz CT molecular complexity index is 755. The van der Waals surface area contributed by atoms with E-state index in [0.717, 1.165) is 49.7 Å². The van der Waals surface area contributed by atoms with Crippen molar-refractivity contribution in [2.45, 2.75) is 6.04 Å². The molecule has 1 aliphatic rings. The van der Waals surface area contributed by atoms with E-state index in [0.29, 0.717) is 0 Å². The van der Waals surface area contributed by atoms with Crippen LogP contribution >= 0.6 is 0 Å². The van der Waals surface area contributed by atoms with Gasteiger partial charge in [0.05, 0.1) is 26.4 Å². The number of rotatable bonds is 7. The summed E-state index contributed by atoms with van der Waals surface area (Å²) in [4.78, 5) is 14.9. The number of carbonyl (C=O) groups excluding carboxylic acids is 1. The molecule has 0 unspecified atom stereocenters. The number of hydrogen-bond acceptors (Lipinski definition) is 4. The number of hydrogen-bond donors (Lipinski definition) is 1. The third-order valence-corrected chi connectivity index (χ3v) is 4.62. The molecule has 5 heteroatoms. The minimum absolute atomic E-state index is 0.0703. The number of para-hydroxylation sites is 1. The molecule has 1 amide bonds. The van der Waals surface area contributed by atoms with E-state index in [1.807, 2.05) is 42.5 Å². The van der Waals surface area contributed by atoms with Gasteiger partial charge in [0, 0.05) is 31.3 Å². The Morgan fingerprint density at radius 1 is 1.15 bits per heavy atom. The summed E-state index contributed by atoms with van der Waals surface area (Å²) < 4.78 is 10.8. The first-order valence-corrected chi connectivity index (χ1v) is 9.23. The van der Waals surface area contributed by atoms with E-state index < -0.39 is 0 Å². The van der Waals surface area contributed by atoms with Crippen molar-refractivity contribution >= 4 is 12.0 Å². The average Bonchev–Trinajstić information content (AvgIpc) is 2.73. The first-order chi connectivity index (χ1) is 13.3. The van der Waals surface area contributed by atoms with E-state index in [4.69, 9.17) is 9.47 Å². The van der Waals surface area contributed by atoms with Crippen molar-refractivity contribution in [3.63, 3.8) is 0 Å². The van der Waals surface area contributed by atoms with Crippen molar-refractivity contribution < 1.29 is 14.3 Å². The van der Waals surface area contributed by atoms with Crippen LogP contribution in [-0.4, -0.2) is 50.8 Å². The molecular formula is C22H26N2O3. The van der Waals surface area contributed by atoms with Gasteiger partial charge in [-0.1, -0.05) is 48.5 Å². The van der Waals surface area contributed by atoms with Crippen molar-refractivity contribution in [1.82, 2.24) is 10.2 Å². The zero-order chi connectivity index (χ0) is 18.9. The molecule has 1 fully saturated rings. The largest absolute Gasteiger partial charge is 0.496 e. The van der Waals surface area contributed by atoms with E-state index in [1.54, 1.807) is 19.3 Å². The summed E-state index contributed by atoms with van der Waals surface area (Å²) in [5.41, 5.74) is 1.97. The van der Waals surface area contributed by atoms with Crippen LogP contribution in [0.25, 0.3) is 6.08 Å². The number of nitrogens with one attached hydrogen (secondary N) is 1. The predicted molar refractivity (Wildman–Crippen MR) is 107 cm³/mol. The van der Waals surface area contributed by atoms with Gasteiger partial charge in [0.1, 0.15) is 5.75 Å². The highest BCUT2D eigenvalue weighted by Crippen LogP contribution is 2.19. The highest BCUT2D eigenvalue weighted by molar-refractivity contribution is 5.92. The molecule has 1 aliphatic heterocycles. The van der Waals surface area contributed by atoms with E-state index in [9.17, 15) is 4.79 Å². The molecule has 0 bridgehead atoms. The maximum atomic E-state index is 12.6. The van der Waals surface area contributed by atoms with Gasteiger partial charge >= 0.3 is 0 Å². The van der Waals surface area contributed by atoms with Gasteiger partial charge in [-0.3, -0.25) is 9.69 Å². The van der Waals surface area contributed by atoms with E-state index in [1.165, 1.54) is 0 Å². The summed E-state index contributed by atoms with van der Waals surface area (Å²) in [6.07, 6.45) is 3.35. The van der Waals surface area contributed by atoms with Gasteiger partial charge in [0.2, 0.25) is 5.91 Å². The SMILES string of the molecule is COc1ccccc1/C=C/C(=O)N[C@@H](CN1CCOCC1)c1ccccc1. The van der Waals surface area contributed by atoms with Crippen LogP contribution in [0.5, 0.6) is 5.75 Å². The summed E-state index contributed by atoms with van der Waals surface area (Å²) >= 11 is 0. The number of methoxy groups -OCH3 is 1. The lowest BCUT2D eigenvalue weighted by Crippen LogP contribution is -2.42. The zero-order valence-corrected chi connectivity index (χ0v) is 15.6. The molecule has 3 rings (SSSR count). The highest BCUT2D eigenvalue weighted by Gasteiger charge is 2.19. The Morgan fingerprint density at radius 2 is 1.85 bits per heavy atom. The number of ether oxygens (including phenoxy) is 2.